The monoisotopic (exact) mass is 424 g/mol. The topological polar surface area (TPSA) is 78.4 Å². The Hall–Kier alpha value is -1.19. The summed E-state index contributed by atoms with van der Waals surface area (Å²) in [6.07, 6.45) is 1.95. The average Bonchev–Trinajstić information content (AvgIpc) is 3.40. The molecule has 1 aromatic rings. The molecular weight excluding hydrogens is 388 g/mol. The maximum atomic E-state index is 9.46. The smallest absolute Gasteiger partial charge is 0.191 e. The van der Waals surface area contributed by atoms with Crippen molar-refractivity contribution in [3.63, 3.8) is 0 Å². The zero-order valence-corrected chi connectivity index (χ0v) is 18.5. The number of nitrogens with one attached hydrogen (secondary N) is 2. The molecule has 29 heavy (non-hydrogen) atoms. The van der Waals surface area contributed by atoms with Crippen molar-refractivity contribution < 1.29 is 14.6 Å². The molecule has 3 N–H and O–H groups in total. The van der Waals surface area contributed by atoms with Gasteiger partial charge in [-0.1, -0.05) is 6.07 Å². The van der Waals surface area contributed by atoms with Crippen LogP contribution in [0.4, 0.5) is 0 Å². The maximum Gasteiger partial charge on any atom is 0.191 e. The second-order valence-electron chi connectivity index (χ2n) is 8.06. The summed E-state index contributed by atoms with van der Waals surface area (Å²) in [6, 6.07) is 4.63. The van der Waals surface area contributed by atoms with Crippen LogP contribution < -0.4 is 10.6 Å². The van der Waals surface area contributed by atoms with Crippen LogP contribution in [0.25, 0.3) is 0 Å². The SMILES string of the molecule is CCNC(=NCC1(CCO)CCOC1)NCC(c1cccs1)N1CCOC(C)C1. The fraction of sp³-hybridized carbons (Fsp3) is 0.762. The van der Waals surface area contributed by atoms with Gasteiger partial charge in [0.25, 0.3) is 0 Å². The Morgan fingerprint density at radius 2 is 2.34 bits per heavy atom. The van der Waals surface area contributed by atoms with Crippen LogP contribution in [0.15, 0.2) is 22.5 Å². The lowest BCUT2D eigenvalue weighted by molar-refractivity contribution is -0.0334. The Labute approximate surface area is 178 Å². The lowest BCUT2D eigenvalue weighted by Crippen LogP contribution is -2.48. The second-order valence-corrected chi connectivity index (χ2v) is 9.04. The zero-order chi connectivity index (χ0) is 20.5. The van der Waals surface area contributed by atoms with Crippen LogP contribution in [-0.4, -0.2) is 81.2 Å². The number of aliphatic hydroxyl groups excluding tert-OH is 1. The van der Waals surface area contributed by atoms with E-state index < -0.39 is 0 Å². The summed E-state index contributed by atoms with van der Waals surface area (Å²) in [5.41, 5.74) is -0.0378. The molecule has 0 bridgehead atoms. The fourth-order valence-electron chi connectivity index (χ4n) is 4.09. The van der Waals surface area contributed by atoms with Crippen molar-refractivity contribution in [2.24, 2.45) is 10.4 Å². The van der Waals surface area contributed by atoms with Gasteiger partial charge >= 0.3 is 0 Å². The summed E-state index contributed by atoms with van der Waals surface area (Å²) in [5.74, 6) is 0.833. The molecule has 0 aromatic carbocycles. The van der Waals surface area contributed by atoms with Gasteiger partial charge in [0.2, 0.25) is 0 Å². The van der Waals surface area contributed by atoms with E-state index in [1.807, 2.05) is 0 Å². The van der Waals surface area contributed by atoms with Crippen molar-refractivity contribution >= 4 is 17.3 Å². The van der Waals surface area contributed by atoms with E-state index in [0.29, 0.717) is 19.2 Å². The number of hydrogen-bond donors (Lipinski definition) is 3. The number of guanidine groups is 1. The quantitative estimate of drug-likeness (QED) is 0.415. The van der Waals surface area contributed by atoms with E-state index in [9.17, 15) is 5.11 Å². The summed E-state index contributed by atoms with van der Waals surface area (Å²) in [6.45, 7) is 10.8. The van der Waals surface area contributed by atoms with Gasteiger partial charge in [0, 0.05) is 49.7 Å². The van der Waals surface area contributed by atoms with E-state index in [0.717, 1.165) is 58.2 Å². The number of morpholine rings is 1. The average molecular weight is 425 g/mol. The molecule has 0 saturated carbocycles. The first kappa shape index (κ1) is 22.5. The Balaban J connectivity index is 1.66. The molecule has 7 nitrogen and oxygen atoms in total. The first-order valence-corrected chi connectivity index (χ1v) is 11.6. The van der Waals surface area contributed by atoms with Gasteiger partial charge in [0.05, 0.1) is 31.9 Å². The highest BCUT2D eigenvalue weighted by atomic mass is 32.1. The van der Waals surface area contributed by atoms with Gasteiger partial charge in [-0.15, -0.1) is 11.3 Å². The molecule has 3 rings (SSSR count). The van der Waals surface area contributed by atoms with E-state index in [1.54, 1.807) is 11.3 Å². The molecule has 2 saturated heterocycles. The molecule has 0 amide bonds. The van der Waals surface area contributed by atoms with Crippen molar-refractivity contribution in [1.82, 2.24) is 15.5 Å². The van der Waals surface area contributed by atoms with Crippen LogP contribution >= 0.6 is 11.3 Å². The highest BCUT2D eigenvalue weighted by Gasteiger charge is 2.34. The second kappa shape index (κ2) is 11.3. The number of nitrogens with zero attached hydrogens (tertiary/aromatic N) is 2. The molecule has 3 heterocycles. The summed E-state index contributed by atoms with van der Waals surface area (Å²) >= 11 is 1.80. The van der Waals surface area contributed by atoms with Crippen molar-refractivity contribution in [3.05, 3.63) is 22.4 Å². The lowest BCUT2D eigenvalue weighted by Gasteiger charge is -2.37. The lowest BCUT2D eigenvalue weighted by atomic mass is 9.84. The standard InChI is InChI=1S/C21H36N4O3S/c1-3-22-20(24-15-21(6-9-26)7-10-27-16-21)23-13-18(19-5-4-12-29-19)25-8-11-28-17(2)14-25/h4-5,12,17-18,26H,3,6-11,13-16H2,1-2H3,(H2,22,23,24). The van der Waals surface area contributed by atoms with E-state index >= 15 is 0 Å². The first-order valence-electron chi connectivity index (χ1n) is 10.8. The van der Waals surface area contributed by atoms with Crippen LogP contribution in [0.3, 0.4) is 0 Å². The molecule has 3 unspecified atom stereocenters. The van der Waals surface area contributed by atoms with Crippen molar-refractivity contribution in [2.45, 2.75) is 38.8 Å². The van der Waals surface area contributed by atoms with Crippen LogP contribution in [0.1, 0.15) is 37.6 Å². The Kier molecular flexibility index (Phi) is 8.74. The van der Waals surface area contributed by atoms with Gasteiger partial charge < -0.3 is 25.2 Å². The predicted molar refractivity (Wildman–Crippen MR) is 118 cm³/mol. The van der Waals surface area contributed by atoms with Gasteiger partial charge in [0.1, 0.15) is 0 Å². The minimum Gasteiger partial charge on any atom is -0.396 e. The first-order chi connectivity index (χ1) is 14.2. The predicted octanol–water partition coefficient (Wildman–Crippen LogP) is 1.85. The summed E-state index contributed by atoms with van der Waals surface area (Å²) < 4.78 is 11.3. The van der Waals surface area contributed by atoms with Gasteiger partial charge in [-0.25, -0.2) is 0 Å². The van der Waals surface area contributed by atoms with Crippen molar-refractivity contribution in [3.8, 4) is 0 Å². The minimum absolute atomic E-state index is 0.0378. The number of aliphatic imine (C=N–C) groups is 1. The molecule has 0 spiro atoms. The Morgan fingerprint density at radius 3 is 3.00 bits per heavy atom. The number of thiophene rings is 1. The molecule has 2 aliphatic heterocycles. The van der Waals surface area contributed by atoms with Crippen LogP contribution in [0.5, 0.6) is 0 Å². The van der Waals surface area contributed by atoms with Crippen molar-refractivity contribution in [1.29, 1.82) is 0 Å². The summed E-state index contributed by atoms with van der Waals surface area (Å²) in [4.78, 5) is 8.74. The van der Waals surface area contributed by atoms with Gasteiger partial charge in [-0.05, 0) is 38.1 Å². The van der Waals surface area contributed by atoms with Crippen LogP contribution in [0, 0.1) is 5.41 Å². The molecule has 0 radical (unpaired) electrons. The Bertz CT molecular complexity index is 619. The fourth-order valence-corrected chi connectivity index (χ4v) is 4.95. The summed E-state index contributed by atoms with van der Waals surface area (Å²) in [7, 11) is 0. The van der Waals surface area contributed by atoms with E-state index in [4.69, 9.17) is 14.5 Å². The van der Waals surface area contributed by atoms with E-state index in [2.05, 4.69) is 46.9 Å². The number of hydrogen-bond acceptors (Lipinski definition) is 6. The molecule has 3 atom stereocenters. The van der Waals surface area contributed by atoms with Crippen LogP contribution in [-0.2, 0) is 9.47 Å². The zero-order valence-electron chi connectivity index (χ0n) is 17.7. The third kappa shape index (κ3) is 6.39. The number of aliphatic hydroxyl groups is 1. The molecule has 2 aliphatic rings. The van der Waals surface area contributed by atoms with E-state index in [-0.39, 0.29) is 18.1 Å². The Morgan fingerprint density at radius 1 is 1.45 bits per heavy atom. The molecule has 164 valence electrons. The highest BCUT2D eigenvalue weighted by molar-refractivity contribution is 7.10. The highest BCUT2D eigenvalue weighted by Crippen LogP contribution is 2.32. The van der Waals surface area contributed by atoms with Crippen LogP contribution in [0.2, 0.25) is 0 Å². The van der Waals surface area contributed by atoms with E-state index in [1.165, 1.54) is 4.88 Å². The van der Waals surface area contributed by atoms with Crippen molar-refractivity contribution in [2.75, 3.05) is 59.2 Å². The third-order valence-electron chi connectivity index (χ3n) is 5.79. The van der Waals surface area contributed by atoms with Gasteiger partial charge in [0.15, 0.2) is 5.96 Å². The molecule has 8 heteroatoms. The third-order valence-corrected chi connectivity index (χ3v) is 6.77. The number of rotatable bonds is 9. The normalized spacial score (nSPS) is 27.1. The molecule has 0 aliphatic carbocycles. The maximum absolute atomic E-state index is 9.46. The molecule has 1 aromatic heterocycles. The van der Waals surface area contributed by atoms with Gasteiger partial charge in [-0.3, -0.25) is 9.89 Å². The molecule has 2 fully saturated rings. The largest absolute Gasteiger partial charge is 0.396 e. The number of ether oxygens (including phenoxy) is 2. The van der Waals surface area contributed by atoms with Gasteiger partial charge in [-0.2, -0.15) is 0 Å². The minimum atomic E-state index is -0.0378. The summed E-state index contributed by atoms with van der Waals surface area (Å²) in [5, 5.41) is 18.5. The molecular formula is C21H36N4O3S.